The summed E-state index contributed by atoms with van der Waals surface area (Å²) < 4.78 is 27.4. The van der Waals surface area contributed by atoms with Gasteiger partial charge in [-0.25, -0.2) is 8.42 Å². The minimum atomic E-state index is -3.68. The van der Waals surface area contributed by atoms with Crippen molar-refractivity contribution in [1.82, 2.24) is 0 Å². The summed E-state index contributed by atoms with van der Waals surface area (Å²) in [6, 6.07) is 11.7. The van der Waals surface area contributed by atoms with E-state index in [9.17, 15) is 8.42 Å². The quantitative estimate of drug-likeness (QED) is 0.912. The maximum Gasteiger partial charge on any atom is 0.262 e. The van der Waals surface area contributed by atoms with E-state index in [-0.39, 0.29) is 11.4 Å². The van der Waals surface area contributed by atoms with Gasteiger partial charge in [0.25, 0.3) is 10.0 Å². The molecule has 0 bridgehead atoms. The lowest BCUT2D eigenvalue weighted by Crippen LogP contribution is -2.16. The topological polar surface area (TPSA) is 72.2 Å². The zero-order chi connectivity index (χ0) is 14.8. The Morgan fingerprint density at radius 2 is 1.90 bits per heavy atom. The van der Waals surface area contributed by atoms with Crippen molar-refractivity contribution in [3.05, 3.63) is 58.6 Å². The van der Waals surface area contributed by atoms with Gasteiger partial charge in [-0.1, -0.05) is 35.9 Å². The first kappa shape index (κ1) is 14.8. The standard InChI is InChI=1S/C14H15ClN2O2S/c1-10-6-7-12(15)8-13(10)17-20(18,19)14-5-3-2-4-11(14)9-16/h2-8,17H,9,16H2,1H3. The lowest BCUT2D eigenvalue weighted by molar-refractivity contribution is 0.600. The number of benzene rings is 2. The van der Waals surface area contributed by atoms with E-state index in [1.165, 1.54) is 6.07 Å². The van der Waals surface area contributed by atoms with Crippen molar-refractivity contribution in [3.8, 4) is 0 Å². The van der Waals surface area contributed by atoms with Crippen LogP contribution in [0.2, 0.25) is 5.02 Å². The van der Waals surface area contributed by atoms with Crippen LogP contribution in [0.1, 0.15) is 11.1 Å². The second kappa shape index (κ2) is 5.83. The van der Waals surface area contributed by atoms with Gasteiger partial charge in [0.1, 0.15) is 0 Å². The Morgan fingerprint density at radius 1 is 1.20 bits per heavy atom. The molecule has 3 N–H and O–H groups in total. The molecule has 0 radical (unpaired) electrons. The minimum absolute atomic E-state index is 0.158. The largest absolute Gasteiger partial charge is 0.326 e. The van der Waals surface area contributed by atoms with Gasteiger partial charge in [0.05, 0.1) is 10.6 Å². The molecule has 2 aromatic rings. The molecule has 4 nitrogen and oxygen atoms in total. The van der Waals surface area contributed by atoms with E-state index in [0.717, 1.165) is 5.56 Å². The van der Waals surface area contributed by atoms with Gasteiger partial charge in [-0.2, -0.15) is 0 Å². The number of aryl methyl sites for hydroxylation is 1. The predicted molar refractivity (Wildman–Crippen MR) is 81.3 cm³/mol. The number of anilines is 1. The van der Waals surface area contributed by atoms with E-state index in [4.69, 9.17) is 17.3 Å². The van der Waals surface area contributed by atoms with Crippen molar-refractivity contribution in [2.75, 3.05) is 4.72 Å². The molecule has 0 saturated heterocycles. The van der Waals surface area contributed by atoms with Crippen molar-refractivity contribution < 1.29 is 8.42 Å². The van der Waals surface area contributed by atoms with E-state index in [1.54, 1.807) is 36.4 Å². The number of hydrogen-bond donors (Lipinski definition) is 2. The van der Waals surface area contributed by atoms with Gasteiger partial charge < -0.3 is 5.73 Å². The molecule has 0 unspecified atom stereocenters. The SMILES string of the molecule is Cc1ccc(Cl)cc1NS(=O)(=O)c1ccccc1CN. The Bertz CT molecular complexity index is 730. The molecule has 2 rings (SSSR count). The molecule has 0 atom stereocenters. The maximum atomic E-state index is 12.4. The molecule has 0 heterocycles. The van der Waals surface area contributed by atoms with Gasteiger partial charge in [-0.05, 0) is 36.2 Å². The third kappa shape index (κ3) is 3.12. The molecule has 0 amide bonds. The van der Waals surface area contributed by atoms with Crippen LogP contribution in [0.4, 0.5) is 5.69 Å². The van der Waals surface area contributed by atoms with E-state index in [2.05, 4.69) is 4.72 Å². The van der Waals surface area contributed by atoms with Crippen molar-refractivity contribution in [3.63, 3.8) is 0 Å². The van der Waals surface area contributed by atoms with Crippen LogP contribution in [0.5, 0.6) is 0 Å². The van der Waals surface area contributed by atoms with Gasteiger partial charge in [0, 0.05) is 11.6 Å². The Kier molecular flexibility index (Phi) is 4.32. The van der Waals surface area contributed by atoms with E-state index in [0.29, 0.717) is 16.3 Å². The summed E-state index contributed by atoms with van der Waals surface area (Å²) in [5.74, 6) is 0. The van der Waals surface area contributed by atoms with Gasteiger partial charge in [0.2, 0.25) is 0 Å². The van der Waals surface area contributed by atoms with Crippen molar-refractivity contribution >= 4 is 27.3 Å². The first-order chi connectivity index (χ1) is 9.44. The van der Waals surface area contributed by atoms with Crippen LogP contribution >= 0.6 is 11.6 Å². The zero-order valence-electron chi connectivity index (χ0n) is 10.9. The summed E-state index contributed by atoms with van der Waals surface area (Å²) >= 11 is 5.90. The van der Waals surface area contributed by atoms with Crippen molar-refractivity contribution in [1.29, 1.82) is 0 Å². The highest BCUT2D eigenvalue weighted by atomic mass is 35.5. The second-order valence-electron chi connectivity index (χ2n) is 4.38. The van der Waals surface area contributed by atoms with Gasteiger partial charge >= 0.3 is 0 Å². The molecule has 106 valence electrons. The normalized spacial score (nSPS) is 11.3. The molecular weight excluding hydrogens is 296 g/mol. The Hall–Kier alpha value is -1.56. The second-order valence-corrected chi connectivity index (χ2v) is 6.46. The molecule has 0 aromatic heterocycles. The molecule has 0 aliphatic rings. The Morgan fingerprint density at radius 3 is 2.60 bits per heavy atom. The summed E-state index contributed by atoms with van der Waals surface area (Å²) in [4.78, 5) is 0.182. The van der Waals surface area contributed by atoms with Crippen LogP contribution in [0, 0.1) is 6.92 Å². The summed E-state index contributed by atoms with van der Waals surface area (Å²) in [5.41, 5.74) is 7.41. The number of halogens is 1. The monoisotopic (exact) mass is 310 g/mol. The van der Waals surface area contributed by atoms with Crippen LogP contribution in [-0.4, -0.2) is 8.42 Å². The highest BCUT2D eigenvalue weighted by molar-refractivity contribution is 7.92. The van der Waals surface area contributed by atoms with Crippen LogP contribution in [0.15, 0.2) is 47.4 Å². The van der Waals surface area contributed by atoms with Gasteiger partial charge in [-0.3, -0.25) is 4.72 Å². The predicted octanol–water partition coefficient (Wildman–Crippen LogP) is 2.91. The number of nitrogens with one attached hydrogen (secondary N) is 1. The third-order valence-electron chi connectivity index (χ3n) is 2.93. The molecule has 0 aliphatic carbocycles. The third-order valence-corrected chi connectivity index (χ3v) is 4.63. The van der Waals surface area contributed by atoms with Crippen LogP contribution in [-0.2, 0) is 16.6 Å². The lowest BCUT2D eigenvalue weighted by Gasteiger charge is -2.13. The van der Waals surface area contributed by atoms with Crippen molar-refractivity contribution in [2.45, 2.75) is 18.4 Å². The highest BCUT2D eigenvalue weighted by Crippen LogP contribution is 2.24. The summed E-state index contributed by atoms with van der Waals surface area (Å²) in [5, 5.41) is 0.473. The van der Waals surface area contributed by atoms with E-state index < -0.39 is 10.0 Å². The molecule has 0 saturated carbocycles. The molecular formula is C14H15ClN2O2S. The number of nitrogens with two attached hydrogens (primary N) is 1. The van der Waals surface area contributed by atoms with Crippen LogP contribution < -0.4 is 10.5 Å². The fraction of sp³-hybridized carbons (Fsp3) is 0.143. The van der Waals surface area contributed by atoms with E-state index >= 15 is 0 Å². The lowest BCUT2D eigenvalue weighted by atomic mass is 10.2. The Labute approximate surface area is 123 Å². The summed E-state index contributed by atoms with van der Waals surface area (Å²) in [6.07, 6.45) is 0. The number of hydrogen-bond acceptors (Lipinski definition) is 3. The first-order valence-electron chi connectivity index (χ1n) is 6.01. The van der Waals surface area contributed by atoms with E-state index in [1.807, 2.05) is 6.92 Å². The minimum Gasteiger partial charge on any atom is -0.326 e. The molecule has 0 spiro atoms. The van der Waals surface area contributed by atoms with Crippen LogP contribution in [0.25, 0.3) is 0 Å². The number of rotatable bonds is 4. The summed E-state index contributed by atoms with van der Waals surface area (Å²) in [7, 11) is -3.68. The molecule has 2 aromatic carbocycles. The van der Waals surface area contributed by atoms with Crippen molar-refractivity contribution in [2.24, 2.45) is 5.73 Å². The van der Waals surface area contributed by atoms with Crippen LogP contribution in [0.3, 0.4) is 0 Å². The van der Waals surface area contributed by atoms with Gasteiger partial charge in [0.15, 0.2) is 0 Å². The average Bonchev–Trinajstić information content (AvgIpc) is 2.42. The molecule has 6 heteroatoms. The zero-order valence-corrected chi connectivity index (χ0v) is 12.5. The molecule has 0 aliphatic heterocycles. The number of sulfonamides is 1. The average molecular weight is 311 g/mol. The Balaban J connectivity index is 2.43. The fourth-order valence-electron chi connectivity index (χ4n) is 1.84. The first-order valence-corrected chi connectivity index (χ1v) is 7.87. The van der Waals surface area contributed by atoms with Gasteiger partial charge in [-0.15, -0.1) is 0 Å². The molecule has 20 heavy (non-hydrogen) atoms. The smallest absolute Gasteiger partial charge is 0.262 e. The molecule has 0 fully saturated rings. The highest BCUT2D eigenvalue weighted by Gasteiger charge is 2.18. The summed E-state index contributed by atoms with van der Waals surface area (Å²) in [6.45, 7) is 1.97. The maximum absolute atomic E-state index is 12.4. The fourth-order valence-corrected chi connectivity index (χ4v) is 3.38.